The summed E-state index contributed by atoms with van der Waals surface area (Å²) >= 11 is 1.54. The molecule has 2 nitrogen and oxygen atoms in total. The summed E-state index contributed by atoms with van der Waals surface area (Å²) in [6.45, 7) is 3.95. The molecule has 1 heterocycles. The van der Waals surface area contributed by atoms with Crippen LogP contribution in [-0.4, -0.2) is 4.98 Å². The van der Waals surface area contributed by atoms with Crippen LogP contribution in [-0.2, 0) is 6.54 Å². The number of aromatic nitrogens is 1. The molecule has 0 amide bonds. The molecule has 0 saturated carbocycles. The van der Waals surface area contributed by atoms with Crippen LogP contribution >= 0.6 is 11.3 Å². The Balaban J connectivity index is 2.04. The molecular formula is C13H13F3N2S. The van der Waals surface area contributed by atoms with Crippen LogP contribution < -0.4 is 5.32 Å². The van der Waals surface area contributed by atoms with Crippen molar-refractivity contribution in [2.75, 3.05) is 0 Å². The van der Waals surface area contributed by atoms with Crippen LogP contribution in [0, 0.1) is 24.4 Å². The average Bonchev–Trinajstić information content (AvgIpc) is 2.78. The Morgan fingerprint density at radius 2 is 1.89 bits per heavy atom. The van der Waals surface area contributed by atoms with E-state index < -0.39 is 17.5 Å². The van der Waals surface area contributed by atoms with E-state index in [1.807, 2.05) is 13.8 Å². The monoisotopic (exact) mass is 286 g/mol. The molecule has 6 heteroatoms. The second-order valence-corrected chi connectivity index (χ2v) is 5.54. The van der Waals surface area contributed by atoms with Crippen molar-refractivity contribution in [3.63, 3.8) is 0 Å². The zero-order valence-corrected chi connectivity index (χ0v) is 11.3. The van der Waals surface area contributed by atoms with Gasteiger partial charge >= 0.3 is 0 Å². The van der Waals surface area contributed by atoms with Gasteiger partial charge in [-0.2, -0.15) is 0 Å². The number of nitrogens with one attached hydrogen (secondary N) is 1. The van der Waals surface area contributed by atoms with Gasteiger partial charge in [0.25, 0.3) is 0 Å². The summed E-state index contributed by atoms with van der Waals surface area (Å²) in [5.41, 5.74) is 0.0963. The summed E-state index contributed by atoms with van der Waals surface area (Å²) in [5, 5.41) is 3.91. The molecule has 0 aliphatic carbocycles. The third kappa shape index (κ3) is 3.33. The Bertz CT molecular complexity index is 583. The van der Waals surface area contributed by atoms with Crippen molar-refractivity contribution >= 4 is 11.3 Å². The highest BCUT2D eigenvalue weighted by molar-refractivity contribution is 7.11. The first kappa shape index (κ1) is 14.0. The Labute approximate surface area is 113 Å². The summed E-state index contributed by atoms with van der Waals surface area (Å²) < 4.78 is 39.2. The maximum Gasteiger partial charge on any atom is 0.161 e. The zero-order chi connectivity index (χ0) is 14.0. The van der Waals surface area contributed by atoms with Crippen LogP contribution in [0.5, 0.6) is 0 Å². The zero-order valence-electron chi connectivity index (χ0n) is 10.5. The van der Waals surface area contributed by atoms with E-state index in [1.54, 1.807) is 6.20 Å². The second kappa shape index (κ2) is 5.71. The number of hydrogen-bond acceptors (Lipinski definition) is 3. The normalized spacial score (nSPS) is 12.7. The van der Waals surface area contributed by atoms with Crippen LogP contribution in [0.1, 0.15) is 28.4 Å². The first-order chi connectivity index (χ1) is 8.97. The Morgan fingerprint density at radius 3 is 2.53 bits per heavy atom. The van der Waals surface area contributed by atoms with Crippen molar-refractivity contribution in [1.29, 1.82) is 0 Å². The van der Waals surface area contributed by atoms with E-state index in [0.29, 0.717) is 6.07 Å². The van der Waals surface area contributed by atoms with Gasteiger partial charge in [-0.25, -0.2) is 18.2 Å². The van der Waals surface area contributed by atoms with E-state index in [1.165, 1.54) is 11.3 Å². The van der Waals surface area contributed by atoms with Gasteiger partial charge in [0.15, 0.2) is 11.6 Å². The number of aryl methyl sites for hydroxylation is 1. The minimum Gasteiger partial charge on any atom is -0.304 e. The van der Waals surface area contributed by atoms with Crippen LogP contribution in [0.3, 0.4) is 0 Å². The van der Waals surface area contributed by atoms with Gasteiger partial charge in [-0.15, -0.1) is 11.3 Å². The third-order valence-electron chi connectivity index (χ3n) is 2.70. The van der Waals surface area contributed by atoms with E-state index in [4.69, 9.17) is 0 Å². The number of thiazole rings is 1. The highest BCUT2D eigenvalue weighted by atomic mass is 32.1. The van der Waals surface area contributed by atoms with Gasteiger partial charge in [-0.05, 0) is 19.9 Å². The van der Waals surface area contributed by atoms with E-state index in [9.17, 15) is 13.2 Å². The summed E-state index contributed by atoms with van der Waals surface area (Å²) in [5.74, 6) is -2.98. The number of benzene rings is 1. The molecule has 1 aromatic carbocycles. The first-order valence-electron chi connectivity index (χ1n) is 5.76. The minimum atomic E-state index is -1.18. The van der Waals surface area contributed by atoms with Gasteiger partial charge < -0.3 is 5.32 Å². The molecule has 0 spiro atoms. The SMILES string of the molecule is Cc1cnc(C(C)NCc2cc(F)c(F)cc2F)s1. The molecule has 1 N–H and O–H groups in total. The highest BCUT2D eigenvalue weighted by Gasteiger charge is 2.13. The lowest BCUT2D eigenvalue weighted by molar-refractivity contribution is 0.482. The second-order valence-electron chi connectivity index (χ2n) is 4.27. The quantitative estimate of drug-likeness (QED) is 0.866. The van der Waals surface area contributed by atoms with E-state index in [-0.39, 0.29) is 18.2 Å². The fraction of sp³-hybridized carbons (Fsp3) is 0.308. The molecule has 102 valence electrons. The molecule has 2 rings (SSSR count). The van der Waals surface area contributed by atoms with Crippen molar-refractivity contribution < 1.29 is 13.2 Å². The standard InChI is InChI=1S/C13H13F3N2S/c1-7-5-18-13(19-7)8(2)17-6-9-3-11(15)12(16)4-10(9)14/h3-5,8,17H,6H2,1-2H3. The lowest BCUT2D eigenvalue weighted by atomic mass is 10.2. The van der Waals surface area contributed by atoms with Gasteiger partial charge in [0.05, 0.1) is 6.04 Å². The number of nitrogens with zero attached hydrogens (tertiary/aromatic N) is 1. The molecule has 2 aromatic rings. The fourth-order valence-corrected chi connectivity index (χ4v) is 2.42. The van der Waals surface area contributed by atoms with Gasteiger partial charge in [0, 0.05) is 29.2 Å². The van der Waals surface area contributed by atoms with Gasteiger partial charge in [-0.1, -0.05) is 0 Å². The maximum atomic E-state index is 13.4. The summed E-state index contributed by atoms with van der Waals surface area (Å²) in [7, 11) is 0. The molecule has 0 saturated heterocycles. The van der Waals surface area contributed by atoms with Gasteiger partial charge in [-0.3, -0.25) is 0 Å². The predicted octanol–water partition coefficient (Wildman–Crippen LogP) is 3.72. The van der Waals surface area contributed by atoms with Gasteiger partial charge in [0.2, 0.25) is 0 Å². The molecule has 0 fully saturated rings. The average molecular weight is 286 g/mol. The third-order valence-corrected chi connectivity index (χ3v) is 3.79. The van der Waals surface area contributed by atoms with Crippen LogP contribution in [0.25, 0.3) is 0 Å². The molecule has 0 aliphatic heterocycles. The van der Waals surface area contributed by atoms with Crippen LogP contribution in [0.2, 0.25) is 0 Å². The lowest BCUT2D eigenvalue weighted by Crippen LogP contribution is -2.19. The summed E-state index contributed by atoms with van der Waals surface area (Å²) in [6.07, 6.45) is 1.76. The molecule has 1 atom stereocenters. The molecular weight excluding hydrogens is 273 g/mol. The topological polar surface area (TPSA) is 24.9 Å². The molecule has 0 radical (unpaired) electrons. The predicted molar refractivity (Wildman–Crippen MR) is 68.4 cm³/mol. The molecule has 0 aliphatic rings. The van der Waals surface area contributed by atoms with Gasteiger partial charge in [0.1, 0.15) is 10.8 Å². The summed E-state index contributed by atoms with van der Waals surface area (Å²) in [6, 6.07) is 1.36. The Hall–Kier alpha value is -1.40. The van der Waals surface area contributed by atoms with E-state index in [0.717, 1.165) is 16.0 Å². The van der Waals surface area contributed by atoms with Crippen molar-refractivity contribution in [1.82, 2.24) is 10.3 Å². The number of hydrogen-bond donors (Lipinski definition) is 1. The fourth-order valence-electron chi connectivity index (χ4n) is 1.62. The van der Waals surface area contributed by atoms with Crippen LogP contribution in [0.4, 0.5) is 13.2 Å². The molecule has 1 unspecified atom stereocenters. The molecule has 0 bridgehead atoms. The molecule has 1 aromatic heterocycles. The molecule has 19 heavy (non-hydrogen) atoms. The minimum absolute atomic E-state index is 0.0776. The highest BCUT2D eigenvalue weighted by Crippen LogP contribution is 2.20. The lowest BCUT2D eigenvalue weighted by Gasteiger charge is -2.11. The van der Waals surface area contributed by atoms with E-state index >= 15 is 0 Å². The largest absolute Gasteiger partial charge is 0.304 e. The number of halogens is 3. The number of rotatable bonds is 4. The van der Waals surface area contributed by atoms with Crippen molar-refractivity contribution in [2.45, 2.75) is 26.4 Å². The first-order valence-corrected chi connectivity index (χ1v) is 6.58. The van der Waals surface area contributed by atoms with E-state index in [2.05, 4.69) is 10.3 Å². The summed E-state index contributed by atoms with van der Waals surface area (Å²) in [4.78, 5) is 5.30. The smallest absolute Gasteiger partial charge is 0.161 e. The van der Waals surface area contributed by atoms with Crippen molar-refractivity contribution in [3.05, 3.63) is 51.2 Å². The van der Waals surface area contributed by atoms with Crippen molar-refractivity contribution in [3.8, 4) is 0 Å². The Kier molecular flexibility index (Phi) is 4.21. The van der Waals surface area contributed by atoms with Crippen molar-refractivity contribution in [2.24, 2.45) is 0 Å². The van der Waals surface area contributed by atoms with Crippen LogP contribution in [0.15, 0.2) is 18.3 Å². The Morgan fingerprint density at radius 1 is 1.21 bits per heavy atom. The maximum absolute atomic E-state index is 13.4.